The van der Waals surface area contributed by atoms with Gasteiger partial charge >= 0.3 is 0 Å². The number of hydrogen-bond acceptors (Lipinski definition) is 8. The maximum absolute atomic E-state index is 12.4. The molecule has 0 radical (unpaired) electrons. The second kappa shape index (κ2) is 6.45. The van der Waals surface area contributed by atoms with Gasteiger partial charge in [0.1, 0.15) is 17.2 Å². The summed E-state index contributed by atoms with van der Waals surface area (Å²) in [6.45, 7) is 6.96. The number of Topliss-reactive ketones (excluding diaryl/α,β-unsaturated/α-hetero) is 2. The van der Waals surface area contributed by atoms with Crippen LogP contribution in [0.4, 0.5) is 0 Å². The summed E-state index contributed by atoms with van der Waals surface area (Å²) in [5, 5.41) is 0. The topological polar surface area (TPSA) is 85.3 Å². The van der Waals surface area contributed by atoms with Crippen molar-refractivity contribution in [1.82, 2.24) is 14.7 Å². The van der Waals surface area contributed by atoms with Gasteiger partial charge in [0.2, 0.25) is 11.6 Å². The molecule has 0 N–H and O–H groups in total. The highest BCUT2D eigenvalue weighted by atomic mass is 16.6. The van der Waals surface area contributed by atoms with Crippen molar-refractivity contribution in [3.63, 3.8) is 0 Å². The average Bonchev–Trinajstić information content (AvgIpc) is 3.45. The van der Waals surface area contributed by atoms with Crippen molar-refractivity contribution in [2.24, 2.45) is 0 Å². The highest BCUT2D eigenvalue weighted by molar-refractivity contribution is 6.22. The van der Waals surface area contributed by atoms with Crippen molar-refractivity contribution >= 4 is 17.3 Å². The summed E-state index contributed by atoms with van der Waals surface area (Å²) >= 11 is 0. The molecule has 0 aromatic heterocycles. The van der Waals surface area contributed by atoms with Crippen LogP contribution in [-0.2, 0) is 23.9 Å². The summed E-state index contributed by atoms with van der Waals surface area (Å²) in [5.74, 6) is 0.331. The third-order valence-corrected chi connectivity index (χ3v) is 5.20. The van der Waals surface area contributed by atoms with E-state index in [9.17, 15) is 14.4 Å². The molecule has 0 amide bonds. The third kappa shape index (κ3) is 4.06. The highest BCUT2D eigenvalue weighted by Crippen LogP contribution is 2.33. The summed E-state index contributed by atoms with van der Waals surface area (Å²) in [6, 6.07) is 0. The Bertz CT molecular complexity index is 737. The van der Waals surface area contributed by atoms with Crippen molar-refractivity contribution < 1.29 is 23.9 Å². The van der Waals surface area contributed by atoms with E-state index in [-0.39, 0.29) is 29.6 Å². The molecular weight excluding hydrogens is 350 g/mol. The van der Waals surface area contributed by atoms with Crippen LogP contribution in [-0.4, -0.2) is 96.7 Å². The zero-order valence-electron chi connectivity index (χ0n) is 15.2. The van der Waals surface area contributed by atoms with Gasteiger partial charge in [-0.2, -0.15) is 0 Å². The van der Waals surface area contributed by atoms with Crippen LogP contribution in [0.25, 0.3) is 0 Å². The van der Waals surface area contributed by atoms with E-state index in [4.69, 9.17) is 9.47 Å². The normalized spacial score (nSPS) is 29.9. The fourth-order valence-corrected chi connectivity index (χ4v) is 3.24. The van der Waals surface area contributed by atoms with Crippen molar-refractivity contribution in [2.45, 2.75) is 25.0 Å². The molecule has 6 rings (SSSR count). The number of epoxide rings is 2. The summed E-state index contributed by atoms with van der Waals surface area (Å²) in [5.41, 5.74) is 1.89. The van der Waals surface area contributed by atoms with Crippen LogP contribution in [0.5, 0.6) is 0 Å². The Hall–Kier alpha value is -2.19. The first-order valence-electron chi connectivity index (χ1n) is 9.65. The van der Waals surface area contributed by atoms with Gasteiger partial charge in [-0.3, -0.25) is 14.4 Å². The zero-order chi connectivity index (χ0) is 18.5. The van der Waals surface area contributed by atoms with E-state index in [0.717, 1.165) is 52.5 Å². The molecule has 8 heteroatoms. The summed E-state index contributed by atoms with van der Waals surface area (Å²) in [7, 11) is 0. The van der Waals surface area contributed by atoms with Crippen LogP contribution in [0, 0.1) is 0 Å². The minimum Gasteiger partial charge on any atom is -0.373 e. The van der Waals surface area contributed by atoms with Gasteiger partial charge in [0.15, 0.2) is 0 Å². The van der Waals surface area contributed by atoms with Gasteiger partial charge in [0, 0.05) is 58.2 Å². The molecular formula is C19H23N3O5. The number of hydrogen-bond donors (Lipinski definition) is 0. The number of nitrogens with zero attached hydrogens (tertiary/aromatic N) is 3. The molecule has 0 spiro atoms. The molecule has 5 heterocycles. The second-order valence-corrected chi connectivity index (χ2v) is 7.74. The predicted molar refractivity (Wildman–Crippen MR) is 93.6 cm³/mol. The van der Waals surface area contributed by atoms with Crippen LogP contribution in [0.1, 0.15) is 12.8 Å². The van der Waals surface area contributed by atoms with Gasteiger partial charge in [-0.05, 0) is 0 Å². The van der Waals surface area contributed by atoms with Crippen LogP contribution in [0.3, 0.4) is 0 Å². The Kier molecular flexibility index (Phi) is 4.05. The quantitative estimate of drug-likeness (QED) is 0.428. The molecule has 5 aliphatic heterocycles. The number of ketones is 3. The SMILES string of the molecule is O=C(CC1CO1)CC1CO1.O=C1C=C(N2CC2)C(=O)C(N2CC2)=C1N1CC1. The third-order valence-electron chi connectivity index (χ3n) is 5.20. The molecule has 2 atom stereocenters. The number of carbonyl (C=O) groups is 3. The molecule has 5 fully saturated rings. The molecule has 1 aliphatic carbocycles. The van der Waals surface area contributed by atoms with E-state index < -0.39 is 0 Å². The van der Waals surface area contributed by atoms with Crippen molar-refractivity contribution in [1.29, 1.82) is 0 Å². The first-order valence-corrected chi connectivity index (χ1v) is 9.65. The van der Waals surface area contributed by atoms with Gasteiger partial charge in [0.05, 0.1) is 31.1 Å². The number of allylic oxidation sites excluding steroid dienone is 1. The molecule has 0 saturated carbocycles. The van der Waals surface area contributed by atoms with Crippen LogP contribution >= 0.6 is 0 Å². The standard InChI is InChI=1S/C12H13N3O2.C7H10O3/c16-9-7-8(13-1-2-13)12(17)11(15-5-6-15)10(9)14-3-4-14;8-5(1-6-3-9-6)2-7-4-10-7/h7H,1-6H2;6-7H,1-4H2. The Labute approximate surface area is 157 Å². The largest absolute Gasteiger partial charge is 0.373 e. The summed E-state index contributed by atoms with van der Waals surface area (Å²) in [6.07, 6.45) is 3.20. The Morgan fingerprint density at radius 2 is 1.33 bits per heavy atom. The molecule has 8 nitrogen and oxygen atoms in total. The lowest BCUT2D eigenvalue weighted by molar-refractivity contribution is -0.119. The van der Waals surface area contributed by atoms with Crippen LogP contribution in [0.2, 0.25) is 0 Å². The van der Waals surface area contributed by atoms with E-state index in [2.05, 4.69) is 0 Å². The zero-order valence-corrected chi connectivity index (χ0v) is 15.2. The van der Waals surface area contributed by atoms with E-state index in [1.807, 2.05) is 14.7 Å². The van der Waals surface area contributed by atoms with Gasteiger partial charge in [-0.25, -0.2) is 0 Å². The Morgan fingerprint density at radius 3 is 1.78 bits per heavy atom. The molecule has 27 heavy (non-hydrogen) atoms. The van der Waals surface area contributed by atoms with Crippen LogP contribution < -0.4 is 0 Å². The van der Waals surface area contributed by atoms with E-state index in [1.165, 1.54) is 6.08 Å². The fraction of sp³-hybridized carbons (Fsp3) is 0.632. The maximum Gasteiger partial charge on any atom is 0.227 e. The number of carbonyl (C=O) groups excluding carboxylic acids is 3. The van der Waals surface area contributed by atoms with Gasteiger partial charge in [0.25, 0.3) is 0 Å². The molecule has 0 aromatic carbocycles. The number of ether oxygens (including phenoxy) is 2. The highest BCUT2D eigenvalue weighted by Gasteiger charge is 2.43. The lowest BCUT2D eigenvalue weighted by Gasteiger charge is -2.21. The Balaban J connectivity index is 0.000000137. The predicted octanol–water partition coefficient (Wildman–Crippen LogP) is -0.686. The minimum absolute atomic E-state index is 0.00546. The molecule has 2 unspecified atom stereocenters. The van der Waals surface area contributed by atoms with E-state index >= 15 is 0 Å². The molecule has 6 aliphatic rings. The smallest absolute Gasteiger partial charge is 0.227 e. The second-order valence-electron chi connectivity index (χ2n) is 7.74. The van der Waals surface area contributed by atoms with Gasteiger partial charge in [-0.15, -0.1) is 0 Å². The van der Waals surface area contributed by atoms with Crippen molar-refractivity contribution in [2.75, 3.05) is 52.5 Å². The van der Waals surface area contributed by atoms with E-state index in [1.54, 1.807) is 0 Å². The maximum atomic E-state index is 12.4. The fourth-order valence-electron chi connectivity index (χ4n) is 3.24. The van der Waals surface area contributed by atoms with E-state index in [0.29, 0.717) is 29.9 Å². The lowest BCUT2D eigenvalue weighted by atomic mass is 10.0. The number of rotatable bonds is 7. The monoisotopic (exact) mass is 373 g/mol. The molecule has 5 saturated heterocycles. The molecule has 144 valence electrons. The molecule has 0 aromatic rings. The van der Waals surface area contributed by atoms with Gasteiger partial charge < -0.3 is 24.2 Å². The van der Waals surface area contributed by atoms with Crippen molar-refractivity contribution in [3.05, 3.63) is 23.2 Å². The van der Waals surface area contributed by atoms with Gasteiger partial charge in [-0.1, -0.05) is 0 Å². The molecule has 0 bridgehead atoms. The average molecular weight is 373 g/mol. The Morgan fingerprint density at radius 1 is 0.852 bits per heavy atom. The van der Waals surface area contributed by atoms with Crippen LogP contribution in [0.15, 0.2) is 23.2 Å². The van der Waals surface area contributed by atoms with Crippen molar-refractivity contribution in [3.8, 4) is 0 Å². The first-order chi connectivity index (χ1) is 13.1. The summed E-state index contributed by atoms with van der Waals surface area (Å²) in [4.78, 5) is 41.5. The first kappa shape index (κ1) is 16.9. The minimum atomic E-state index is 0.00546. The summed E-state index contributed by atoms with van der Waals surface area (Å²) < 4.78 is 9.84. The lowest BCUT2D eigenvalue weighted by Crippen LogP contribution is -2.29.